The van der Waals surface area contributed by atoms with Gasteiger partial charge in [-0.25, -0.2) is 0 Å². The molecule has 6 heteroatoms. The van der Waals surface area contributed by atoms with Gasteiger partial charge in [0, 0.05) is 32.2 Å². The van der Waals surface area contributed by atoms with Crippen LogP contribution in [0.4, 0.5) is 5.69 Å². The molecule has 2 aromatic carbocycles. The Morgan fingerprint density at radius 1 is 1.10 bits per heavy atom. The lowest BCUT2D eigenvalue weighted by atomic mass is 9.75. The number of ether oxygens (including phenoxy) is 1. The van der Waals surface area contributed by atoms with Crippen LogP contribution in [0.15, 0.2) is 66.7 Å². The van der Waals surface area contributed by atoms with Crippen LogP contribution in [-0.4, -0.2) is 48.3 Å². The average Bonchev–Trinajstić information content (AvgIpc) is 3.08. The van der Waals surface area contributed by atoms with E-state index in [-0.39, 0.29) is 37.1 Å². The number of carbonyl (C=O) groups is 2. The zero-order valence-corrected chi connectivity index (χ0v) is 17.5. The summed E-state index contributed by atoms with van der Waals surface area (Å²) in [5.41, 5.74) is 1.95. The van der Waals surface area contributed by atoms with Gasteiger partial charge in [0.25, 0.3) is 0 Å². The van der Waals surface area contributed by atoms with Gasteiger partial charge in [0.1, 0.15) is 6.73 Å². The number of hydrogen-bond acceptors (Lipinski definition) is 4. The molecule has 1 saturated heterocycles. The normalized spacial score (nSPS) is 29.0. The number of aliphatic hydroxyl groups excluding tert-OH is 1. The fourth-order valence-electron chi connectivity index (χ4n) is 5.54. The first-order chi connectivity index (χ1) is 15.1. The number of rotatable bonds is 5. The molecule has 0 aromatic heterocycles. The zero-order valence-electron chi connectivity index (χ0n) is 17.5. The Labute approximate surface area is 181 Å². The highest BCUT2D eigenvalue weighted by Crippen LogP contribution is 2.51. The first-order valence-electron chi connectivity index (χ1n) is 10.7. The summed E-state index contributed by atoms with van der Waals surface area (Å²) in [5.74, 6) is -0.674. The molecule has 1 fully saturated rings. The van der Waals surface area contributed by atoms with Crippen LogP contribution < -0.4 is 4.90 Å². The van der Waals surface area contributed by atoms with E-state index in [0.717, 1.165) is 16.8 Å². The van der Waals surface area contributed by atoms with Crippen molar-refractivity contribution in [3.05, 3.63) is 77.9 Å². The summed E-state index contributed by atoms with van der Waals surface area (Å²) in [6, 6.07) is 17.4. The Morgan fingerprint density at radius 3 is 2.58 bits per heavy atom. The number of anilines is 1. The summed E-state index contributed by atoms with van der Waals surface area (Å²) in [6.07, 6.45) is 4.22. The summed E-state index contributed by atoms with van der Waals surface area (Å²) >= 11 is 0. The average molecular weight is 418 g/mol. The van der Waals surface area contributed by atoms with Gasteiger partial charge in [-0.05, 0) is 23.6 Å². The van der Waals surface area contributed by atoms with Crippen LogP contribution in [-0.2, 0) is 26.3 Å². The van der Waals surface area contributed by atoms with E-state index in [1.165, 1.54) is 0 Å². The highest BCUT2D eigenvalue weighted by atomic mass is 16.5. The summed E-state index contributed by atoms with van der Waals surface area (Å²) in [5, 5.41) is 10.2. The van der Waals surface area contributed by atoms with Gasteiger partial charge in [-0.2, -0.15) is 0 Å². The Morgan fingerprint density at radius 2 is 1.84 bits per heavy atom. The molecule has 5 rings (SSSR count). The summed E-state index contributed by atoms with van der Waals surface area (Å²) < 4.78 is 5.32. The van der Waals surface area contributed by atoms with E-state index in [9.17, 15) is 14.7 Å². The van der Waals surface area contributed by atoms with Crippen molar-refractivity contribution in [3.8, 4) is 0 Å². The number of likely N-dealkylation sites (tertiary alicyclic amines) is 1. The fraction of sp³-hybridized carbons (Fsp3) is 0.360. The SMILES string of the molecule is COCN1C(=O)[C@@]2(C=C[C@@H]3C(=O)N(Cc4ccccc4)[C@H](C2)[C@@H]3CO)c2ccccc21. The molecule has 0 saturated carbocycles. The van der Waals surface area contributed by atoms with Crippen LogP contribution in [0, 0.1) is 11.8 Å². The fourth-order valence-corrected chi connectivity index (χ4v) is 5.54. The second-order valence-corrected chi connectivity index (χ2v) is 8.59. The van der Waals surface area contributed by atoms with E-state index in [0.29, 0.717) is 13.0 Å². The largest absolute Gasteiger partial charge is 0.396 e. The number of hydrogen-bond donors (Lipinski definition) is 1. The lowest BCUT2D eigenvalue weighted by Gasteiger charge is -2.34. The van der Waals surface area contributed by atoms with Crippen LogP contribution in [0.2, 0.25) is 0 Å². The zero-order chi connectivity index (χ0) is 21.6. The van der Waals surface area contributed by atoms with Gasteiger partial charge in [0.05, 0.1) is 17.0 Å². The van der Waals surface area contributed by atoms with Gasteiger partial charge in [-0.3, -0.25) is 14.5 Å². The summed E-state index contributed by atoms with van der Waals surface area (Å²) in [7, 11) is 1.58. The molecule has 1 aliphatic carbocycles. The minimum Gasteiger partial charge on any atom is -0.396 e. The van der Waals surface area contributed by atoms with E-state index < -0.39 is 11.3 Å². The molecule has 2 heterocycles. The van der Waals surface area contributed by atoms with Crippen molar-refractivity contribution in [2.24, 2.45) is 11.8 Å². The van der Waals surface area contributed by atoms with Crippen LogP contribution >= 0.6 is 0 Å². The maximum absolute atomic E-state index is 13.7. The number of methoxy groups -OCH3 is 1. The van der Waals surface area contributed by atoms with Crippen LogP contribution in [0.25, 0.3) is 0 Å². The van der Waals surface area contributed by atoms with Crippen LogP contribution in [0.1, 0.15) is 17.5 Å². The second kappa shape index (κ2) is 7.62. The summed E-state index contributed by atoms with van der Waals surface area (Å²) in [6.45, 7) is 0.554. The van der Waals surface area contributed by atoms with E-state index in [1.54, 1.807) is 12.0 Å². The van der Waals surface area contributed by atoms with Crippen molar-refractivity contribution in [2.45, 2.75) is 24.4 Å². The smallest absolute Gasteiger partial charge is 0.243 e. The highest BCUT2D eigenvalue weighted by Gasteiger charge is 2.57. The lowest BCUT2D eigenvalue weighted by molar-refractivity contribution is -0.133. The number of fused-ring (bicyclic) bond motifs is 4. The number of amides is 2. The van der Waals surface area contributed by atoms with Gasteiger partial charge in [-0.1, -0.05) is 60.7 Å². The van der Waals surface area contributed by atoms with Gasteiger partial charge < -0.3 is 14.7 Å². The molecule has 0 radical (unpaired) electrons. The maximum atomic E-state index is 13.7. The number of benzene rings is 2. The second-order valence-electron chi connectivity index (χ2n) is 8.59. The number of carbonyl (C=O) groups excluding carboxylic acids is 2. The molecule has 0 unspecified atom stereocenters. The molecule has 2 aromatic rings. The number of aliphatic hydroxyl groups is 1. The molecule has 2 amide bonds. The van der Waals surface area contributed by atoms with E-state index in [1.807, 2.05) is 71.6 Å². The van der Waals surface area contributed by atoms with Crippen molar-refractivity contribution in [1.82, 2.24) is 4.90 Å². The standard InChI is InChI=1S/C25H26N2O4/c1-31-16-27-21-10-6-5-9-20(21)25(24(27)30)12-11-18-19(15-28)22(13-25)26(23(18)29)14-17-7-3-2-4-8-17/h2-12,18-19,22,28H,13-16H2,1H3/t18-,19+,22+,25+/m0/s1. The van der Waals surface area contributed by atoms with Gasteiger partial charge in [-0.15, -0.1) is 0 Å². The Hall–Kier alpha value is -2.96. The quantitative estimate of drug-likeness (QED) is 0.758. The predicted molar refractivity (Wildman–Crippen MR) is 116 cm³/mol. The molecule has 4 atom stereocenters. The number of nitrogens with zero attached hydrogens (tertiary/aromatic N) is 2. The topological polar surface area (TPSA) is 70.1 Å². The van der Waals surface area contributed by atoms with E-state index in [4.69, 9.17) is 4.74 Å². The molecule has 3 aliphatic rings. The molecule has 31 heavy (non-hydrogen) atoms. The molecule has 2 aliphatic heterocycles. The van der Waals surface area contributed by atoms with Crippen molar-refractivity contribution in [3.63, 3.8) is 0 Å². The van der Waals surface area contributed by atoms with Crippen molar-refractivity contribution < 1.29 is 19.4 Å². The van der Waals surface area contributed by atoms with Crippen molar-refractivity contribution in [1.29, 1.82) is 0 Å². The van der Waals surface area contributed by atoms with Gasteiger partial charge in [0.2, 0.25) is 11.8 Å². The third kappa shape index (κ3) is 2.93. The molecule has 160 valence electrons. The predicted octanol–water partition coefficient (Wildman–Crippen LogP) is 2.47. The molecule has 1 N–H and O–H groups in total. The minimum absolute atomic E-state index is 0.0199. The first kappa shape index (κ1) is 20.0. The van der Waals surface area contributed by atoms with E-state index in [2.05, 4.69) is 0 Å². The monoisotopic (exact) mass is 418 g/mol. The molecular formula is C25H26N2O4. The van der Waals surface area contributed by atoms with Crippen LogP contribution in [0.5, 0.6) is 0 Å². The first-order valence-corrected chi connectivity index (χ1v) is 10.7. The molecule has 6 nitrogen and oxygen atoms in total. The van der Waals surface area contributed by atoms with E-state index >= 15 is 0 Å². The maximum Gasteiger partial charge on any atom is 0.243 e. The molecular weight excluding hydrogens is 392 g/mol. The summed E-state index contributed by atoms with van der Waals surface area (Å²) in [4.78, 5) is 30.5. The Kier molecular flexibility index (Phi) is 4.91. The van der Waals surface area contributed by atoms with Gasteiger partial charge >= 0.3 is 0 Å². The Bertz CT molecular complexity index is 1040. The minimum atomic E-state index is -0.863. The lowest BCUT2D eigenvalue weighted by Crippen LogP contribution is -2.46. The van der Waals surface area contributed by atoms with Crippen molar-refractivity contribution >= 4 is 17.5 Å². The highest BCUT2D eigenvalue weighted by molar-refractivity contribution is 6.09. The molecule has 2 bridgehead atoms. The van der Waals surface area contributed by atoms with Crippen LogP contribution in [0.3, 0.4) is 0 Å². The third-order valence-corrected chi connectivity index (χ3v) is 7.01. The van der Waals surface area contributed by atoms with Gasteiger partial charge in [0.15, 0.2) is 0 Å². The number of para-hydroxylation sites is 1. The third-order valence-electron chi connectivity index (χ3n) is 7.01. The van der Waals surface area contributed by atoms with Crippen molar-refractivity contribution in [2.75, 3.05) is 25.3 Å². The molecule has 1 spiro atoms. The Balaban J connectivity index is 1.58.